The molecule has 4 heteroatoms. The fourth-order valence-corrected chi connectivity index (χ4v) is 3.23. The Labute approximate surface area is 119 Å². The molecule has 2 aliphatic rings. The third-order valence-electron chi connectivity index (χ3n) is 4.54. The van der Waals surface area contributed by atoms with E-state index in [1.165, 1.54) is 5.56 Å². The lowest BCUT2D eigenvalue weighted by Crippen LogP contribution is -2.44. The first-order valence-corrected chi connectivity index (χ1v) is 7.26. The standard InChI is InChI=1S/C16H20N2O2/c1-11-5-3-6-13(12(11)2)18-10-8-15(19)17-9-4-7-14(17)16(18)20/h3,5-6,14H,4,7-10H2,1-2H3. The van der Waals surface area contributed by atoms with Crippen LogP contribution in [0, 0.1) is 13.8 Å². The quantitative estimate of drug-likeness (QED) is 0.785. The average Bonchev–Trinajstić information content (AvgIpc) is 2.88. The van der Waals surface area contributed by atoms with Crippen molar-refractivity contribution in [2.75, 3.05) is 18.0 Å². The van der Waals surface area contributed by atoms with E-state index in [2.05, 4.69) is 0 Å². The van der Waals surface area contributed by atoms with Crippen LogP contribution in [0.25, 0.3) is 0 Å². The lowest BCUT2D eigenvalue weighted by Gasteiger charge is -2.26. The van der Waals surface area contributed by atoms with Crippen molar-refractivity contribution in [2.45, 2.75) is 39.2 Å². The van der Waals surface area contributed by atoms with E-state index in [0.717, 1.165) is 30.6 Å². The van der Waals surface area contributed by atoms with Gasteiger partial charge in [0.1, 0.15) is 6.04 Å². The summed E-state index contributed by atoms with van der Waals surface area (Å²) in [6.45, 7) is 5.32. The summed E-state index contributed by atoms with van der Waals surface area (Å²) >= 11 is 0. The summed E-state index contributed by atoms with van der Waals surface area (Å²) in [6.07, 6.45) is 2.16. The molecule has 0 bridgehead atoms. The van der Waals surface area contributed by atoms with Crippen LogP contribution in [-0.4, -0.2) is 35.8 Å². The zero-order valence-electron chi connectivity index (χ0n) is 12.1. The molecule has 0 radical (unpaired) electrons. The number of carbonyl (C=O) groups is 2. The molecule has 1 unspecified atom stereocenters. The van der Waals surface area contributed by atoms with Gasteiger partial charge in [0.05, 0.1) is 0 Å². The van der Waals surface area contributed by atoms with Crippen LogP contribution in [0.3, 0.4) is 0 Å². The molecule has 3 rings (SSSR count). The second-order valence-corrected chi connectivity index (χ2v) is 5.70. The number of nitrogens with zero attached hydrogens (tertiary/aromatic N) is 2. The molecule has 2 fully saturated rings. The monoisotopic (exact) mass is 272 g/mol. The first-order valence-electron chi connectivity index (χ1n) is 7.26. The summed E-state index contributed by atoms with van der Waals surface area (Å²) in [5.41, 5.74) is 3.26. The van der Waals surface area contributed by atoms with Crippen molar-refractivity contribution in [1.82, 2.24) is 4.90 Å². The molecular weight excluding hydrogens is 252 g/mol. The van der Waals surface area contributed by atoms with Gasteiger partial charge in [-0.3, -0.25) is 9.59 Å². The van der Waals surface area contributed by atoms with E-state index in [9.17, 15) is 9.59 Å². The lowest BCUT2D eigenvalue weighted by molar-refractivity contribution is -0.135. The van der Waals surface area contributed by atoms with E-state index >= 15 is 0 Å². The minimum atomic E-state index is -0.245. The Morgan fingerprint density at radius 2 is 1.95 bits per heavy atom. The highest BCUT2D eigenvalue weighted by molar-refractivity contribution is 6.02. The Hall–Kier alpha value is -1.84. The minimum Gasteiger partial charge on any atom is -0.331 e. The minimum absolute atomic E-state index is 0.0852. The number of carbonyl (C=O) groups excluding carboxylic acids is 2. The van der Waals surface area contributed by atoms with Crippen LogP contribution < -0.4 is 4.90 Å². The maximum atomic E-state index is 12.8. The number of benzene rings is 1. The van der Waals surface area contributed by atoms with Gasteiger partial charge in [0.15, 0.2) is 0 Å². The molecule has 0 aliphatic carbocycles. The van der Waals surface area contributed by atoms with Gasteiger partial charge in [-0.2, -0.15) is 0 Å². The fraction of sp³-hybridized carbons (Fsp3) is 0.500. The van der Waals surface area contributed by atoms with Gasteiger partial charge >= 0.3 is 0 Å². The Balaban J connectivity index is 1.99. The largest absolute Gasteiger partial charge is 0.331 e. The summed E-state index contributed by atoms with van der Waals surface area (Å²) in [5, 5.41) is 0. The van der Waals surface area contributed by atoms with Crippen LogP contribution in [0.15, 0.2) is 18.2 Å². The van der Waals surface area contributed by atoms with Crippen molar-refractivity contribution in [2.24, 2.45) is 0 Å². The third kappa shape index (κ3) is 1.99. The number of hydrogen-bond donors (Lipinski definition) is 0. The van der Waals surface area contributed by atoms with Gasteiger partial charge in [0.2, 0.25) is 11.8 Å². The van der Waals surface area contributed by atoms with E-state index in [0.29, 0.717) is 13.0 Å². The summed E-state index contributed by atoms with van der Waals surface area (Å²) < 4.78 is 0. The highest BCUT2D eigenvalue weighted by Gasteiger charge is 2.39. The van der Waals surface area contributed by atoms with E-state index in [1.807, 2.05) is 36.9 Å². The Morgan fingerprint density at radius 3 is 2.75 bits per heavy atom. The van der Waals surface area contributed by atoms with Crippen molar-refractivity contribution >= 4 is 17.5 Å². The SMILES string of the molecule is Cc1cccc(N2CCC(=O)N3CCCC3C2=O)c1C. The number of anilines is 1. The molecule has 2 amide bonds. The van der Waals surface area contributed by atoms with E-state index in [4.69, 9.17) is 0 Å². The molecule has 2 heterocycles. The Kier molecular flexibility index (Phi) is 3.24. The highest BCUT2D eigenvalue weighted by atomic mass is 16.2. The van der Waals surface area contributed by atoms with Crippen molar-refractivity contribution in [3.63, 3.8) is 0 Å². The topological polar surface area (TPSA) is 40.6 Å². The molecule has 0 N–H and O–H groups in total. The molecule has 4 nitrogen and oxygen atoms in total. The molecular formula is C16H20N2O2. The van der Waals surface area contributed by atoms with Gasteiger partial charge in [-0.25, -0.2) is 0 Å². The predicted octanol–water partition coefficient (Wildman–Crippen LogP) is 2.03. The zero-order chi connectivity index (χ0) is 14.3. The van der Waals surface area contributed by atoms with Gasteiger partial charge in [-0.15, -0.1) is 0 Å². The molecule has 0 saturated carbocycles. The number of aryl methyl sites for hydroxylation is 1. The smallest absolute Gasteiger partial charge is 0.249 e. The van der Waals surface area contributed by atoms with Crippen LogP contribution in [0.2, 0.25) is 0 Å². The molecule has 2 saturated heterocycles. The van der Waals surface area contributed by atoms with Crippen LogP contribution in [0.1, 0.15) is 30.4 Å². The van der Waals surface area contributed by atoms with Gasteiger partial charge < -0.3 is 9.80 Å². The van der Waals surface area contributed by atoms with Gasteiger partial charge in [0, 0.05) is 25.2 Å². The van der Waals surface area contributed by atoms with Crippen molar-refractivity contribution in [3.8, 4) is 0 Å². The number of fused-ring (bicyclic) bond motifs is 1. The highest BCUT2D eigenvalue weighted by Crippen LogP contribution is 2.29. The van der Waals surface area contributed by atoms with Crippen LogP contribution in [-0.2, 0) is 9.59 Å². The number of hydrogen-bond acceptors (Lipinski definition) is 2. The molecule has 2 aliphatic heterocycles. The zero-order valence-corrected chi connectivity index (χ0v) is 12.1. The molecule has 1 aromatic carbocycles. The van der Waals surface area contributed by atoms with Crippen LogP contribution >= 0.6 is 0 Å². The molecule has 20 heavy (non-hydrogen) atoms. The van der Waals surface area contributed by atoms with Crippen molar-refractivity contribution in [1.29, 1.82) is 0 Å². The second-order valence-electron chi connectivity index (χ2n) is 5.70. The number of rotatable bonds is 1. The van der Waals surface area contributed by atoms with E-state index < -0.39 is 0 Å². The molecule has 0 spiro atoms. The van der Waals surface area contributed by atoms with E-state index in [1.54, 1.807) is 4.90 Å². The second kappa shape index (κ2) is 4.93. The molecule has 106 valence electrons. The van der Waals surface area contributed by atoms with Crippen LogP contribution in [0.4, 0.5) is 5.69 Å². The molecule has 0 aromatic heterocycles. The average molecular weight is 272 g/mol. The van der Waals surface area contributed by atoms with Crippen molar-refractivity contribution < 1.29 is 9.59 Å². The summed E-state index contributed by atoms with van der Waals surface area (Å²) in [6, 6.07) is 5.76. The molecule has 1 atom stereocenters. The maximum absolute atomic E-state index is 12.8. The number of amides is 2. The Bertz CT molecular complexity index is 568. The van der Waals surface area contributed by atoms with Gasteiger partial charge in [-0.05, 0) is 43.9 Å². The van der Waals surface area contributed by atoms with E-state index in [-0.39, 0.29) is 17.9 Å². The third-order valence-corrected chi connectivity index (χ3v) is 4.54. The summed E-state index contributed by atoms with van der Waals surface area (Å²) in [4.78, 5) is 28.5. The first kappa shape index (κ1) is 13.2. The lowest BCUT2D eigenvalue weighted by atomic mass is 10.1. The normalized spacial score (nSPS) is 23.0. The summed E-state index contributed by atoms with van der Waals surface area (Å²) in [7, 11) is 0. The molecule has 1 aromatic rings. The Morgan fingerprint density at radius 1 is 1.15 bits per heavy atom. The summed E-state index contributed by atoms with van der Waals surface area (Å²) in [5.74, 6) is 0.204. The maximum Gasteiger partial charge on any atom is 0.249 e. The first-order chi connectivity index (χ1) is 9.59. The van der Waals surface area contributed by atoms with Crippen LogP contribution in [0.5, 0.6) is 0 Å². The fourth-order valence-electron chi connectivity index (χ4n) is 3.23. The van der Waals surface area contributed by atoms with Gasteiger partial charge in [0.25, 0.3) is 0 Å². The van der Waals surface area contributed by atoms with Gasteiger partial charge in [-0.1, -0.05) is 12.1 Å². The van der Waals surface area contributed by atoms with Crippen molar-refractivity contribution in [3.05, 3.63) is 29.3 Å². The predicted molar refractivity (Wildman–Crippen MR) is 77.6 cm³/mol.